The first-order valence-corrected chi connectivity index (χ1v) is 9.27. The quantitative estimate of drug-likeness (QED) is 0.727. The summed E-state index contributed by atoms with van der Waals surface area (Å²) in [7, 11) is 0. The van der Waals surface area contributed by atoms with Crippen molar-refractivity contribution in [2.45, 2.75) is 23.2 Å². The topological polar surface area (TPSA) is 84.5 Å². The van der Waals surface area contributed by atoms with Crippen LogP contribution in [0.1, 0.15) is 22.8 Å². The predicted molar refractivity (Wildman–Crippen MR) is 101 cm³/mol. The minimum Gasteiger partial charge on any atom is -0.452 e. The third-order valence-corrected chi connectivity index (χ3v) is 5.13. The van der Waals surface area contributed by atoms with Crippen LogP contribution in [0.2, 0.25) is 0 Å². The van der Waals surface area contributed by atoms with Gasteiger partial charge in [-0.15, -0.1) is 11.8 Å². The Hall–Kier alpha value is -3.01. The van der Waals surface area contributed by atoms with Gasteiger partial charge in [0.1, 0.15) is 0 Å². The highest BCUT2D eigenvalue weighted by Crippen LogP contribution is 2.36. The maximum Gasteiger partial charge on any atom is 0.416 e. The molecular formula is C19H15F3N2O4S. The summed E-state index contributed by atoms with van der Waals surface area (Å²) in [6.07, 6.45) is -4.54. The molecule has 1 aliphatic rings. The third kappa shape index (κ3) is 5.08. The van der Waals surface area contributed by atoms with E-state index < -0.39 is 30.2 Å². The van der Waals surface area contributed by atoms with E-state index in [2.05, 4.69) is 10.6 Å². The second-order valence-corrected chi connectivity index (χ2v) is 7.55. The molecule has 2 N–H and O–H groups in total. The van der Waals surface area contributed by atoms with Crippen molar-refractivity contribution in [2.75, 3.05) is 17.2 Å². The number of halogens is 3. The molecule has 6 nitrogen and oxygen atoms in total. The monoisotopic (exact) mass is 424 g/mol. The predicted octanol–water partition coefficient (Wildman–Crippen LogP) is 3.93. The van der Waals surface area contributed by atoms with Gasteiger partial charge in [0, 0.05) is 10.6 Å². The van der Waals surface area contributed by atoms with Gasteiger partial charge in [-0.3, -0.25) is 9.59 Å². The van der Waals surface area contributed by atoms with E-state index in [4.69, 9.17) is 4.74 Å². The molecule has 0 aliphatic carbocycles. The Kier molecular flexibility index (Phi) is 5.83. The number of benzene rings is 2. The summed E-state index contributed by atoms with van der Waals surface area (Å²) < 4.78 is 43.0. The van der Waals surface area contributed by atoms with E-state index in [1.54, 1.807) is 13.0 Å². The third-order valence-electron chi connectivity index (χ3n) is 3.95. The van der Waals surface area contributed by atoms with Gasteiger partial charge in [-0.25, -0.2) is 4.79 Å². The Labute approximate surface area is 167 Å². The van der Waals surface area contributed by atoms with Crippen LogP contribution in [0.4, 0.5) is 24.5 Å². The van der Waals surface area contributed by atoms with Crippen LogP contribution in [0.3, 0.4) is 0 Å². The van der Waals surface area contributed by atoms with Crippen LogP contribution in [-0.4, -0.2) is 29.6 Å². The molecule has 1 aliphatic heterocycles. The van der Waals surface area contributed by atoms with Gasteiger partial charge < -0.3 is 15.4 Å². The van der Waals surface area contributed by atoms with Crippen LogP contribution in [0, 0.1) is 0 Å². The molecule has 0 aromatic heterocycles. The number of hydrogen-bond acceptors (Lipinski definition) is 5. The number of ether oxygens (including phenoxy) is 1. The van der Waals surface area contributed by atoms with Crippen molar-refractivity contribution < 1.29 is 32.3 Å². The van der Waals surface area contributed by atoms with Crippen LogP contribution >= 0.6 is 11.8 Å². The van der Waals surface area contributed by atoms with E-state index in [1.807, 2.05) is 0 Å². The highest BCUT2D eigenvalue weighted by molar-refractivity contribution is 8.00. The second-order valence-electron chi connectivity index (χ2n) is 6.16. The first-order chi connectivity index (χ1) is 13.6. The standard InChI is InChI=1S/C19H15F3N2O4S/c1-10-17(26)24-14-7-11(5-6-15(14)29-10)18(27)28-9-16(25)23-13-4-2-3-12(8-13)19(20,21)22/h2-8,10H,9H2,1H3,(H,23,25)(H,24,26). The molecule has 0 bridgehead atoms. The largest absolute Gasteiger partial charge is 0.452 e. The highest BCUT2D eigenvalue weighted by atomic mass is 32.2. The molecule has 10 heteroatoms. The first-order valence-electron chi connectivity index (χ1n) is 8.39. The lowest BCUT2D eigenvalue weighted by atomic mass is 10.2. The molecule has 0 spiro atoms. The van der Waals surface area contributed by atoms with Crippen molar-refractivity contribution in [1.82, 2.24) is 0 Å². The van der Waals surface area contributed by atoms with Gasteiger partial charge in [0.25, 0.3) is 5.91 Å². The SMILES string of the molecule is CC1Sc2ccc(C(=O)OCC(=O)Nc3cccc(C(F)(F)F)c3)cc2NC1=O. The summed E-state index contributed by atoms with van der Waals surface area (Å²) >= 11 is 1.35. The fourth-order valence-corrected chi connectivity index (χ4v) is 3.45. The number of nitrogens with one attached hydrogen (secondary N) is 2. The van der Waals surface area contributed by atoms with E-state index in [0.29, 0.717) is 5.69 Å². The average molecular weight is 424 g/mol. The van der Waals surface area contributed by atoms with Gasteiger partial charge in [-0.2, -0.15) is 13.2 Å². The van der Waals surface area contributed by atoms with E-state index in [1.165, 1.54) is 30.0 Å². The van der Waals surface area contributed by atoms with Crippen molar-refractivity contribution in [3.05, 3.63) is 53.6 Å². The minimum atomic E-state index is -4.54. The number of carbonyl (C=O) groups is 3. The number of thioether (sulfide) groups is 1. The summed E-state index contributed by atoms with van der Waals surface area (Å²) in [4.78, 5) is 36.6. The van der Waals surface area contributed by atoms with E-state index in [9.17, 15) is 27.6 Å². The lowest BCUT2D eigenvalue weighted by Crippen LogP contribution is -2.26. The van der Waals surface area contributed by atoms with E-state index >= 15 is 0 Å². The van der Waals surface area contributed by atoms with Crippen LogP contribution in [0.5, 0.6) is 0 Å². The zero-order chi connectivity index (χ0) is 21.2. The lowest BCUT2D eigenvalue weighted by Gasteiger charge is -2.21. The summed E-state index contributed by atoms with van der Waals surface area (Å²) in [6, 6.07) is 8.72. The number of rotatable bonds is 4. The van der Waals surface area contributed by atoms with Gasteiger partial charge in [-0.05, 0) is 43.3 Å². The summed E-state index contributed by atoms with van der Waals surface area (Å²) in [5, 5.41) is 4.68. The van der Waals surface area contributed by atoms with Gasteiger partial charge >= 0.3 is 12.1 Å². The molecule has 1 heterocycles. The Morgan fingerprint density at radius 1 is 1.21 bits per heavy atom. The first kappa shape index (κ1) is 20.7. The number of fused-ring (bicyclic) bond motifs is 1. The smallest absolute Gasteiger partial charge is 0.416 e. The molecule has 3 rings (SSSR count). The number of anilines is 2. The highest BCUT2D eigenvalue weighted by Gasteiger charge is 2.30. The molecule has 0 radical (unpaired) electrons. The maximum absolute atomic E-state index is 12.7. The van der Waals surface area contributed by atoms with Gasteiger partial charge in [0.15, 0.2) is 6.61 Å². The summed E-state index contributed by atoms with van der Waals surface area (Å²) in [5.74, 6) is -1.77. The van der Waals surface area contributed by atoms with Gasteiger partial charge in [0.05, 0.1) is 22.1 Å². The average Bonchev–Trinajstić information content (AvgIpc) is 2.66. The maximum atomic E-state index is 12.7. The van der Waals surface area contributed by atoms with Crippen LogP contribution in [-0.2, 0) is 20.5 Å². The molecule has 1 atom stereocenters. The van der Waals surface area contributed by atoms with Crippen molar-refractivity contribution in [1.29, 1.82) is 0 Å². The Bertz CT molecular complexity index is 978. The molecule has 1 unspecified atom stereocenters. The molecular weight excluding hydrogens is 409 g/mol. The Balaban J connectivity index is 1.59. The van der Waals surface area contributed by atoms with Gasteiger partial charge in [-0.1, -0.05) is 6.07 Å². The lowest BCUT2D eigenvalue weighted by molar-refractivity contribution is -0.137. The molecule has 2 amide bonds. The summed E-state index contributed by atoms with van der Waals surface area (Å²) in [5.41, 5.74) is -0.369. The Morgan fingerprint density at radius 3 is 2.69 bits per heavy atom. The minimum absolute atomic E-state index is 0.0662. The molecule has 0 saturated carbocycles. The fraction of sp³-hybridized carbons (Fsp3) is 0.211. The molecule has 152 valence electrons. The normalized spacial score (nSPS) is 15.9. The van der Waals surface area contributed by atoms with Crippen LogP contribution < -0.4 is 10.6 Å². The zero-order valence-electron chi connectivity index (χ0n) is 15.0. The molecule has 0 saturated heterocycles. The molecule has 0 fully saturated rings. The van der Waals surface area contributed by atoms with Crippen LogP contribution in [0.25, 0.3) is 0 Å². The number of esters is 1. The van der Waals surface area contributed by atoms with Crippen molar-refractivity contribution >= 4 is 40.9 Å². The molecule has 29 heavy (non-hydrogen) atoms. The Morgan fingerprint density at radius 2 is 1.97 bits per heavy atom. The number of alkyl halides is 3. The summed E-state index contributed by atoms with van der Waals surface area (Å²) in [6.45, 7) is 1.08. The van der Waals surface area contributed by atoms with Crippen molar-refractivity contribution in [3.8, 4) is 0 Å². The second kappa shape index (κ2) is 8.16. The van der Waals surface area contributed by atoms with E-state index in [-0.39, 0.29) is 22.4 Å². The van der Waals surface area contributed by atoms with Crippen molar-refractivity contribution in [2.24, 2.45) is 0 Å². The molecule has 2 aromatic carbocycles. The number of amides is 2. The zero-order valence-corrected chi connectivity index (χ0v) is 15.8. The fourth-order valence-electron chi connectivity index (χ4n) is 2.52. The number of carbonyl (C=O) groups excluding carboxylic acids is 3. The van der Waals surface area contributed by atoms with Gasteiger partial charge in [0.2, 0.25) is 5.91 Å². The molecule has 2 aromatic rings. The van der Waals surface area contributed by atoms with E-state index in [0.717, 1.165) is 23.1 Å². The van der Waals surface area contributed by atoms with Crippen molar-refractivity contribution in [3.63, 3.8) is 0 Å². The van der Waals surface area contributed by atoms with Crippen LogP contribution in [0.15, 0.2) is 47.4 Å². The number of hydrogen-bond donors (Lipinski definition) is 2.